The molecule has 0 aromatic heterocycles. The van der Waals surface area contributed by atoms with Crippen molar-refractivity contribution >= 4 is 0 Å². The Morgan fingerprint density at radius 3 is 2.25 bits per heavy atom. The molecule has 1 rings (SSSR count). The van der Waals surface area contributed by atoms with E-state index >= 15 is 0 Å². The molecule has 0 bridgehead atoms. The zero-order chi connectivity index (χ0) is 8.10. The van der Waals surface area contributed by atoms with E-state index in [0.29, 0.717) is 12.6 Å². The van der Waals surface area contributed by atoms with Crippen molar-refractivity contribution in [3.8, 4) is 0 Å². The monoisotopic (exact) mass is 218 g/mol. The Balaban J connectivity index is 0.00000121. The predicted octanol–water partition coefficient (Wildman–Crippen LogP) is 0.217. The van der Waals surface area contributed by atoms with E-state index in [9.17, 15) is 0 Å². The summed E-state index contributed by atoms with van der Waals surface area (Å²) in [6.07, 6.45) is 5.06. The predicted molar refractivity (Wildman–Crippen MR) is 43.1 cm³/mol. The topological polar surface area (TPSA) is 52.5 Å². The van der Waals surface area contributed by atoms with E-state index in [0.717, 1.165) is 0 Å². The Bertz CT molecular complexity index is 105. The van der Waals surface area contributed by atoms with Gasteiger partial charge in [-0.1, -0.05) is 19.3 Å². The zero-order valence-corrected chi connectivity index (χ0v) is 8.17. The Hall–Kier alpha value is 0.386. The van der Waals surface area contributed by atoms with Crippen molar-refractivity contribution in [2.24, 2.45) is 0 Å². The van der Waals surface area contributed by atoms with Gasteiger partial charge in [-0.05, 0) is 12.8 Å². The number of aliphatic hydroxyl groups excluding tert-OH is 1. The first kappa shape index (κ1) is 12.4. The van der Waals surface area contributed by atoms with Crippen LogP contribution in [0.25, 0.3) is 0 Å². The summed E-state index contributed by atoms with van der Waals surface area (Å²) in [4.78, 5) is 0. The number of hydrogen-bond acceptors (Lipinski definition) is 3. The third kappa shape index (κ3) is 5.11. The summed E-state index contributed by atoms with van der Waals surface area (Å²) in [6, 6.07) is 0.519. The average Bonchev–Trinajstić information content (AvgIpc) is 2.03. The van der Waals surface area contributed by atoms with E-state index in [1.165, 1.54) is 32.1 Å². The summed E-state index contributed by atoms with van der Waals surface area (Å²) in [5.74, 6) is 0. The first-order valence-electron chi connectivity index (χ1n) is 4.38. The smallest absolute Gasteiger partial charge is 0.164 e. The van der Waals surface area contributed by atoms with Crippen molar-refractivity contribution in [2.45, 2.75) is 44.4 Å². The molecule has 1 aliphatic rings. The number of rotatable bonds is 3. The molecule has 0 aromatic rings. The molecule has 0 atom stereocenters. The van der Waals surface area contributed by atoms with Crippen LogP contribution in [-0.2, 0) is 16.8 Å². The molecule has 0 aromatic carbocycles. The average molecular weight is 218 g/mol. The van der Waals surface area contributed by atoms with Crippen molar-refractivity contribution in [1.82, 2.24) is 5.32 Å². The van der Waals surface area contributed by atoms with Gasteiger partial charge in [-0.15, -0.1) is 0 Å². The van der Waals surface area contributed by atoms with Gasteiger partial charge in [0.15, 0.2) is 6.29 Å². The van der Waals surface area contributed by atoms with Crippen LogP contribution in [0.4, 0.5) is 0 Å². The van der Waals surface area contributed by atoms with Gasteiger partial charge in [-0.3, -0.25) is 0 Å². The maximum atomic E-state index is 8.58. The van der Waals surface area contributed by atoms with Gasteiger partial charge in [-0.25, -0.2) is 0 Å². The molecule has 4 heteroatoms. The second-order valence-corrected chi connectivity index (χ2v) is 3.22. The molecule has 0 heterocycles. The molecule has 0 spiro atoms. The molecule has 1 fully saturated rings. The first-order chi connectivity index (χ1) is 5.29. The van der Waals surface area contributed by atoms with Crippen molar-refractivity contribution in [1.29, 1.82) is 0 Å². The van der Waals surface area contributed by atoms with Gasteiger partial charge in [0.1, 0.15) is 0 Å². The fourth-order valence-electron chi connectivity index (χ4n) is 1.58. The molecule has 12 heavy (non-hydrogen) atoms. The third-order valence-corrected chi connectivity index (χ3v) is 2.19. The standard InChI is InChI=1S/C8H17NO2.Co/c10-8(11)6-9-7-4-2-1-3-5-7;/h7-11H,1-6H2;. The first-order valence-corrected chi connectivity index (χ1v) is 4.38. The zero-order valence-electron chi connectivity index (χ0n) is 7.13. The molecule has 3 nitrogen and oxygen atoms in total. The van der Waals surface area contributed by atoms with Gasteiger partial charge in [0.05, 0.1) is 0 Å². The van der Waals surface area contributed by atoms with Crippen LogP contribution in [-0.4, -0.2) is 29.1 Å². The fourth-order valence-corrected chi connectivity index (χ4v) is 1.58. The van der Waals surface area contributed by atoms with Crippen LogP contribution >= 0.6 is 0 Å². The fraction of sp³-hybridized carbons (Fsp3) is 1.00. The van der Waals surface area contributed by atoms with E-state index in [1.807, 2.05) is 0 Å². The SMILES string of the molecule is OC(O)CNC1CCCCC1.[Co]. The number of nitrogens with one attached hydrogen (secondary N) is 1. The van der Waals surface area contributed by atoms with E-state index < -0.39 is 6.29 Å². The Morgan fingerprint density at radius 2 is 1.75 bits per heavy atom. The van der Waals surface area contributed by atoms with E-state index in [1.54, 1.807) is 0 Å². The summed E-state index contributed by atoms with van der Waals surface area (Å²) < 4.78 is 0. The summed E-state index contributed by atoms with van der Waals surface area (Å²) in [6.45, 7) is 0.310. The summed E-state index contributed by atoms with van der Waals surface area (Å²) in [5, 5.41) is 20.3. The van der Waals surface area contributed by atoms with Crippen molar-refractivity contribution in [2.75, 3.05) is 6.54 Å². The van der Waals surface area contributed by atoms with Crippen LogP contribution in [0.1, 0.15) is 32.1 Å². The second kappa shape index (κ2) is 6.85. The van der Waals surface area contributed by atoms with Gasteiger partial charge in [0.25, 0.3) is 0 Å². The number of aliphatic hydroxyl groups is 2. The molecule has 1 radical (unpaired) electrons. The van der Waals surface area contributed by atoms with Gasteiger partial charge in [0.2, 0.25) is 0 Å². The minimum absolute atomic E-state index is 0. The van der Waals surface area contributed by atoms with Crippen molar-refractivity contribution < 1.29 is 27.0 Å². The van der Waals surface area contributed by atoms with Gasteiger partial charge >= 0.3 is 0 Å². The Kier molecular flexibility index (Phi) is 7.08. The molecular weight excluding hydrogens is 201 g/mol. The minimum Gasteiger partial charge on any atom is -0.367 e. The largest absolute Gasteiger partial charge is 0.367 e. The minimum atomic E-state index is -1.20. The normalized spacial score (nSPS) is 19.2. The molecule has 1 saturated carbocycles. The molecule has 75 valence electrons. The summed E-state index contributed by atoms with van der Waals surface area (Å²) >= 11 is 0. The maximum Gasteiger partial charge on any atom is 0.164 e. The van der Waals surface area contributed by atoms with Crippen LogP contribution < -0.4 is 5.32 Å². The Labute approximate surface area is 83.7 Å². The molecule has 3 N–H and O–H groups in total. The van der Waals surface area contributed by atoms with Crippen LogP contribution in [0.2, 0.25) is 0 Å². The quantitative estimate of drug-likeness (QED) is 0.594. The van der Waals surface area contributed by atoms with Crippen molar-refractivity contribution in [3.63, 3.8) is 0 Å². The molecule has 0 aliphatic heterocycles. The third-order valence-electron chi connectivity index (χ3n) is 2.19. The van der Waals surface area contributed by atoms with Crippen LogP contribution in [0.3, 0.4) is 0 Å². The van der Waals surface area contributed by atoms with E-state index in [-0.39, 0.29) is 16.8 Å². The maximum absolute atomic E-state index is 8.58. The van der Waals surface area contributed by atoms with Gasteiger partial charge in [0, 0.05) is 29.4 Å². The number of hydrogen-bond donors (Lipinski definition) is 3. The van der Waals surface area contributed by atoms with Crippen LogP contribution in [0.5, 0.6) is 0 Å². The molecule has 0 amide bonds. The van der Waals surface area contributed by atoms with E-state index in [4.69, 9.17) is 10.2 Å². The summed E-state index contributed by atoms with van der Waals surface area (Å²) in [7, 11) is 0. The van der Waals surface area contributed by atoms with Crippen molar-refractivity contribution in [3.05, 3.63) is 0 Å². The van der Waals surface area contributed by atoms with Gasteiger partial charge in [-0.2, -0.15) is 0 Å². The Morgan fingerprint density at radius 1 is 1.17 bits per heavy atom. The molecule has 0 saturated heterocycles. The van der Waals surface area contributed by atoms with Crippen LogP contribution in [0, 0.1) is 0 Å². The van der Waals surface area contributed by atoms with Gasteiger partial charge < -0.3 is 15.5 Å². The second-order valence-electron chi connectivity index (χ2n) is 3.22. The molecular formula is C8H17CoNO2. The summed E-state index contributed by atoms with van der Waals surface area (Å²) in [5.41, 5.74) is 0. The van der Waals surface area contributed by atoms with E-state index in [2.05, 4.69) is 5.32 Å². The molecule has 0 unspecified atom stereocenters. The molecule has 1 aliphatic carbocycles. The van der Waals surface area contributed by atoms with Crippen LogP contribution in [0.15, 0.2) is 0 Å².